The first kappa shape index (κ1) is 24.4. The van der Waals surface area contributed by atoms with E-state index in [0.717, 1.165) is 24.2 Å². The molecular weight excluding hydrogens is 420 g/mol. The number of nitrogens with zero attached hydrogens (tertiary/aromatic N) is 2. The molecule has 0 unspecified atom stereocenters. The van der Waals surface area contributed by atoms with Crippen LogP contribution in [0.15, 0.2) is 59.7 Å². The Bertz CT molecular complexity index is 914. The summed E-state index contributed by atoms with van der Waals surface area (Å²) < 4.78 is 10.6. The van der Waals surface area contributed by atoms with Crippen molar-refractivity contribution < 1.29 is 19.1 Å². The van der Waals surface area contributed by atoms with Gasteiger partial charge in [-0.3, -0.25) is 14.5 Å². The lowest BCUT2D eigenvalue weighted by Gasteiger charge is -2.33. The van der Waals surface area contributed by atoms with Gasteiger partial charge in [0.2, 0.25) is 0 Å². The van der Waals surface area contributed by atoms with E-state index in [4.69, 9.17) is 9.47 Å². The minimum absolute atomic E-state index is 0.0787. The largest absolute Gasteiger partial charge is 0.497 e. The van der Waals surface area contributed by atoms with Crippen molar-refractivity contribution in [2.75, 3.05) is 40.0 Å². The summed E-state index contributed by atoms with van der Waals surface area (Å²) in [6, 6.07) is 16.3. The van der Waals surface area contributed by atoms with E-state index in [2.05, 4.69) is 20.7 Å². The highest BCUT2D eigenvalue weighted by Crippen LogP contribution is 2.13. The molecule has 1 aliphatic heterocycles. The lowest BCUT2D eigenvalue weighted by Crippen LogP contribution is -2.50. The molecule has 33 heavy (non-hydrogen) atoms. The second-order valence-corrected chi connectivity index (χ2v) is 7.79. The Labute approximate surface area is 195 Å². The number of nitrogens with one attached hydrogen (secondary N) is 2. The molecule has 1 saturated heterocycles. The number of unbranched alkanes of at least 4 members (excludes halogenated alkanes) is 1. The molecule has 0 radical (unpaired) electrons. The molecule has 0 bridgehead atoms. The highest BCUT2D eigenvalue weighted by atomic mass is 16.5. The number of carbonyl (C=O) groups excluding carboxylic acids is 2. The van der Waals surface area contributed by atoms with E-state index < -0.39 is 0 Å². The predicted octanol–water partition coefficient (Wildman–Crippen LogP) is 2.45. The van der Waals surface area contributed by atoms with Crippen LogP contribution < -0.4 is 15.5 Å². The normalized spacial score (nSPS) is 15.2. The first-order valence-electron chi connectivity index (χ1n) is 11.3. The van der Waals surface area contributed by atoms with Gasteiger partial charge in [-0.15, -0.1) is 0 Å². The van der Waals surface area contributed by atoms with E-state index in [9.17, 15) is 9.59 Å². The van der Waals surface area contributed by atoms with E-state index in [0.29, 0.717) is 44.8 Å². The second-order valence-electron chi connectivity index (χ2n) is 7.79. The van der Waals surface area contributed by atoms with Crippen molar-refractivity contribution in [3.63, 3.8) is 0 Å². The lowest BCUT2D eigenvalue weighted by atomic mass is 10.1. The van der Waals surface area contributed by atoms with Gasteiger partial charge in [-0.1, -0.05) is 30.3 Å². The van der Waals surface area contributed by atoms with Crippen molar-refractivity contribution in [2.24, 2.45) is 5.10 Å². The Morgan fingerprint density at radius 3 is 2.67 bits per heavy atom. The zero-order valence-electron chi connectivity index (χ0n) is 19.0. The van der Waals surface area contributed by atoms with Gasteiger partial charge in [0.1, 0.15) is 5.75 Å². The molecule has 0 spiro atoms. The van der Waals surface area contributed by atoms with Crippen LogP contribution in [0.3, 0.4) is 0 Å². The standard InChI is InChI=1S/C25H32N4O4/c1-32-22-11-7-8-20(18-22)19-27-28-25(31)23(29-14-16-33-17-15-29)12-5-6-13-26-24(30)21-9-3-2-4-10-21/h2-4,7-11,18-19,23H,5-6,12-17H2,1H3,(H,26,30)(H,28,31)/b27-19+/t23-/m1/s1. The van der Waals surface area contributed by atoms with E-state index in [1.165, 1.54) is 0 Å². The van der Waals surface area contributed by atoms with Crippen LogP contribution in [-0.2, 0) is 9.53 Å². The van der Waals surface area contributed by atoms with Crippen LogP contribution in [0.2, 0.25) is 0 Å². The molecule has 8 heteroatoms. The summed E-state index contributed by atoms with van der Waals surface area (Å²) in [4.78, 5) is 27.2. The number of ether oxygens (including phenoxy) is 2. The maximum Gasteiger partial charge on any atom is 0.257 e. The Morgan fingerprint density at radius 1 is 1.12 bits per heavy atom. The fourth-order valence-electron chi connectivity index (χ4n) is 3.69. The van der Waals surface area contributed by atoms with Crippen LogP contribution >= 0.6 is 0 Å². The van der Waals surface area contributed by atoms with E-state index >= 15 is 0 Å². The number of morpholine rings is 1. The Kier molecular flexibility index (Phi) is 9.87. The van der Waals surface area contributed by atoms with Crippen molar-refractivity contribution in [1.82, 2.24) is 15.6 Å². The van der Waals surface area contributed by atoms with Gasteiger partial charge in [0.15, 0.2) is 0 Å². The fourth-order valence-corrected chi connectivity index (χ4v) is 3.69. The predicted molar refractivity (Wildman–Crippen MR) is 128 cm³/mol. The zero-order chi connectivity index (χ0) is 23.3. The molecule has 1 atom stereocenters. The molecule has 1 heterocycles. The van der Waals surface area contributed by atoms with Crippen LogP contribution in [0.1, 0.15) is 35.2 Å². The van der Waals surface area contributed by atoms with Crippen LogP contribution in [0, 0.1) is 0 Å². The molecule has 8 nitrogen and oxygen atoms in total. The van der Waals surface area contributed by atoms with Crippen molar-refractivity contribution in [1.29, 1.82) is 0 Å². The maximum absolute atomic E-state index is 12.9. The van der Waals surface area contributed by atoms with Crippen molar-refractivity contribution in [3.8, 4) is 5.75 Å². The third-order valence-electron chi connectivity index (χ3n) is 5.50. The van der Waals surface area contributed by atoms with Crippen LogP contribution in [0.4, 0.5) is 0 Å². The Morgan fingerprint density at radius 2 is 1.91 bits per heavy atom. The van der Waals surface area contributed by atoms with Gasteiger partial charge in [-0.05, 0) is 49.1 Å². The summed E-state index contributed by atoms with van der Waals surface area (Å²) in [5, 5.41) is 7.08. The molecular formula is C25H32N4O4. The highest BCUT2D eigenvalue weighted by Gasteiger charge is 2.26. The topological polar surface area (TPSA) is 92.3 Å². The quantitative estimate of drug-likeness (QED) is 0.310. The minimum atomic E-state index is -0.291. The summed E-state index contributed by atoms with van der Waals surface area (Å²) in [6.07, 6.45) is 3.89. The average Bonchev–Trinajstić information content (AvgIpc) is 2.87. The highest BCUT2D eigenvalue weighted by molar-refractivity contribution is 5.94. The maximum atomic E-state index is 12.9. The van der Waals surface area contributed by atoms with Crippen molar-refractivity contribution >= 4 is 18.0 Å². The van der Waals surface area contributed by atoms with Gasteiger partial charge in [-0.25, -0.2) is 5.43 Å². The fraction of sp³-hybridized carbons (Fsp3) is 0.400. The van der Waals surface area contributed by atoms with Crippen LogP contribution in [0.5, 0.6) is 5.75 Å². The molecule has 0 aliphatic carbocycles. The second kappa shape index (κ2) is 13.3. The van der Waals surface area contributed by atoms with E-state index in [-0.39, 0.29) is 17.9 Å². The molecule has 2 amide bonds. The third-order valence-corrected chi connectivity index (χ3v) is 5.50. The summed E-state index contributed by atoms with van der Waals surface area (Å²) >= 11 is 0. The van der Waals surface area contributed by atoms with Gasteiger partial charge in [0, 0.05) is 25.2 Å². The van der Waals surface area contributed by atoms with Crippen molar-refractivity contribution in [3.05, 3.63) is 65.7 Å². The summed E-state index contributed by atoms with van der Waals surface area (Å²) in [6.45, 7) is 3.22. The zero-order valence-corrected chi connectivity index (χ0v) is 19.0. The van der Waals surface area contributed by atoms with Gasteiger partial charge < -0.3 is 14.8 Å². The van der Waals surface area contributed by atoms with Gasteiger partial charge in [0.05, 0.1) is 32.6 Å². The number of rotatable bonds is 11. The molecule has 176 valence electrons. The van der Waals surface area contributed by atoms with Gasteiger partial charge in [0.25, 0.3) is 11.8 Å². The van der Waals surface area contributed by atoms with Gasteiger partial charge >= 0.3 is 0 Å². The molecule has 1 aliphatic rings. The van der Waals surface area contributed by atoms with E-state index in [1.807, 2.05) is 42.5 Å². The smallest absolute Gasteiger partial charge is 0.257 e. The first-order chi connectivity index (χ1) is 16.2. The average molecular weight is 453 g/mol. The Hall–Kier alpha value is -3.23. The van der Waals surface area contributed by atoms with E-state index in [1.54, 1.807) is 25.5 Å². The molecule has 3 rings (SSSR count). The molecule has 2 aromatic rings. The summed E-state index contributed by atoms with van der Waals surface area (Å²) in [5.74, 6) is 0.519. The number of methoxy groups -OCH3 is 1. The number of hydrogen-bond donors (Lipinski definition) is 2. The lowest BCUT2D eigenvalue weighted by molar-refractivity contribution is -0.128. The number of carbonyl (C=O) groups is 2. The van der Waals surface area contributed by atoms with Crippen LogP contribution in [0.25, 0.3) is 0 Å². The monoisotopic (exact) mass is 452 g/mol. The van der Waals surface area contributed by atoms with Gasteiger partial charge in [-0.2, -0.15) is 5.10 Å². The number of benzene rings is 2. The van der Waals surface area contributed by atoms with Crippen molar-refractivity contribution in [2.45, 2.75) is 25.3 Å². The number of hydrazone groups is 1. The molecule has 0 aromatic heterocycles. The third kappa shape index (κ3) is 8.00. The number of hydrogen-bond acceptors (Lipinski definition) is 6. The van der Waals surface area contributed by atoms with Crippen LogP contribution in [-0.4, -0.2) is 68.9 Å². The summed E-state index contributed by atoms with van der Waals surface area (Å²) in [5.41, 5.74) is 4.17. The summed E-state index contributed by atoms with van der Waals surface area (Å²) in [7, 11) is 1.61. The minimum Gasteiger partial charge on any atom is -0.497 e. The molecule has 2 aromatic carbocycles. The molecule has 0 saturated carbocycles. The molecule has 2 N–H and O–H groups in total. The Balaban J connectivity index is 1.48. The number of amides is 2. The molecule has 1 fully saturated rings. The SMILES string of the molecule is COc1cccc(/C=N/NC(=O)[C@@H](CCCCNC(=O)c2ccccc2)N2CCOCC2)c1. The first-order valence-corrected chi connectivity index (χ1v) is 11.3.